The van der Waals surface area contributed by atoms with E-state index < -0.39 is 0 Å². The molecule has 2 rings (SSSR count). The Labute approximate surface area is 120 Å². The van der Waals surface area contributed by atoms with Crippen LogP contribution in [0.3, 0.4) is 0 Å². The third-order valence-electron chi connectivity index (χ3n) is 2.46. The molecule has 2 aromatic heterocycles. The number of aryl methyl sites for hydroxylation is 2. The fourth-order valence-electron chi connectivity index (χ4n) is 1.57. The first-order valence-corrected chi connectivity index (χ1v) is 6.84. The first-order chi connectivity index (χ1) is 9.11. The summed E-state index contributed by atoms with van der Waals surface area (Å²) in [6, 6.07) is 1.85. The summed E-state index contributed by atoms with van der Waals surface area (Å²) in [5.74, 6) is 1.83. The molecule has 102 valence electrons. The molecule has 0 aliphatic heterocycles. The van der Waals surface area contributed by atoms with E-state index in [0.29, 0.717) is 16.2 Å². The van der Waals surface area contributed by atoms with Crippen molar-refractivity contribution in [2.24, 2.45) is 7.05 Å². The van der Waals surface area contributed by atoms with Crippen molar-refractivity contribution >= 4 is 21.7 Å². The zero-order chi connectivity index (χ0) is 13.8. The fourth-order valence-corrected chi connectivity index (χ4v) is 2.00. The average Bonchev–Trinajstić information content (AvgIpc) is 2.69. The van der Waals surface area contributed by atoms with Gasteiger partial charge < -0.3 is 10.1 Å². The Balaban J connectivity index is 2.23. The van der Waals surface area contributed by atoms with Gasteiger partial charge in [-0.05, 0) is 29.3 Å². The van der Waals surface area contributed by atoms with Crippen molar-refractivity contribution in [3.8, 4) is 11.8 Å². The van der Waals surface area contributed by atoms with Gasteiger partial charge >= 0.3 is 0 Å². The summed E-state index contributed by atoms with van der Waals surface area (Å²) in [5, 5.41) is 7.43. The third kappa shape index (κ3) is 3.23. The summed E-state index contributed by atoms with van der Waals surface area (Å²) in [4.78, 5) is 8.31. The lowest BCUT2D eigenvalue weighted by Crippen LogP contribution is -2.04. The highest BCUT2D eigenvalue weighted by Crippen LogP contribution is 2.31. The largest absolute Gasteiger partial charge is 0.420 e. The Bertz CT molecular complexity index is 569. The minimum Gasteiger partial charge on any atom is -0.420 e. The standard InChI is InChI=1S/C12H16BrN5O/c1-4-5-14-11-10(13)12(16-7-15-11)19-9-6-8(2)17-18(9)3/h6-7H,4-5H2,1-3H3,(H,14,15,16). The van der Waals surface area contributed by atoms with Crippen LogP contribution in [-0.4, -0.2) is 26.3 Å². The van der Waals surface area contributed by atoms with Crippen LogP contribution in [0.4, 0.5) is 5.82 Å². The Hall–Kier alpha value is -1.63. The van der Waals surface area contributed by atoms with Crippen molar-refractivity contribution in [3.05, 3.63) is 22.6 Å². The van der Waals surface area contributed by atoms with E-state index >= 15 is 0 Å². The highest BCUT2D eigenvalue weighted by atomic mass is 79.9. The molecule has 6 nitrogen and oxygen atoms in total. The molecule has 0 bridgehead atoms. The van der Waals surface area contributed by atoms with Crippen LogP contribution in [0.15, 0.2) is 16.9 Å². The summed E-state index contributed by atoms with van der Waals surface area (Å²) in [5.41, 5.74) is 0.895. The number of hydrogen-bond acceptors (Lipinski definition) is 5. The van der Waals surface area contributed by atoms with Crippen molar-refractivity contribution in [3.63, 3.8) is 0 Å². The maximum absolute atomic E-state index is 5.74. The van der Waals surface area contributed by atoms with E-state index in [2.05, 4.69) is 43.2 Å². The van der Waals surface area contributed by atoms with Crippen LogP contribution in [0.2, 0.25) is 0 Å². The van der Waals surface area contributed by atoms with Gasteiger partial charge in [0.1, 0.15) is 16.6 Å². The minimum atomic E-state index is 0.469. The summed E-state index contributed by atoms with van der Waals surface area (Å²) in [6.45, 7) is 4.86. The summed E-state index contributed by atoms with van der Waals surface area (Å²) >= 11 is 3.46. The lowest BCUT2D eigenvalue weighted by Gasteiger charge is -2.10. The van der Waals surface area contributed by atoms with Crippen molar-refractivity contribution in [2.75, 3.05) is 11.9 Å². The van der Waals surface area contributed by atoms with E-state index in [1.807, 2.05) is 20.0 Å². The van der Waals surface area contributed by atoms with Crippen LogP contribution in [-0.2, 0) is 7.05 Å². The highest BCUT2D eigenvalue weighted by Gasteiger charge is 2.12. The lowest BCUT2D eigenvalue weighted by molar-refractivity contribution is 0.412. The minimum absolute atomic E-state index is 0.469. The van der Waals surface area contributed by atoms with Gasteiger partial charge in [0.25, 0.3) is 0 Å². The molecule has 0 aliphatic carbocycles. The molecule has 2 aromatic rings. The molecular formula is C12H16BrN5O. The van der Waals surface area contributed by atoms with Crippen molar-refractivity contribution in [1.29, 1.82) is 0 Å². The second-order valence-corrected chi connectivity index (χ2v) is 4.91. The van der Waals surface area contributed by atoms with E-state index in [4.69, 9.17) is 4.74 Å². The van der Waals surface area contributed by atoms with Gasteiger partial charge in [-0.3, -0.25) is 0 Å². The van der Waals surface area contributed by atoms with Crippen molar-refractivity contribution in [2.45, 2.75) is 20.3 Å². The summed E-state index contributed by atoms with van der Waals surface area (Å²) in [7, 11) is 1.83. The van der Waals surface area contributed by atoms with Gasteiger partial charge in [-0.25, -0.2) is 14.6 Å². The topological polar surface area (TPSA) is 64.9 Å². The molecule has 0 saturated heterocycles. The molecule has 19 heavy (non-hydrogen) atoms. The van der Waals surface area contributed by atoms with Crippen LogP contribution in [0.25, 0.3) is 0 Å². The van der Waals surface area contributed by atoms with E-state index in [9.17, 15) is 0 Å². The SMILES string of the molecule is CCCNc1ncnc(Oc2cc(C)nn2C)c1Br. The number of anilines is 1. The Morgan fingerprint density at radius 1 is 1.42 bits per heavy atom. The summed E-state index contributed by atoms with van der Waals surface area (Å²) in [6.07, 6.45) is 2.49. The molecule has 0 aliphatic rings. The van der Waals surface area contributed by atoms with Crippen molar-refractivity contribution in [1.82, 2.24) is 19.7 Å². The molecule has 0 amide bonds. The second kappa shape index (κ2) is 6.01. The monoisotopic (exact) mass is 325 g/mol. The highest BCUT2D eigenvalue weighted by molar-refractivity contribution is 9.10. The molecule has 0 unspecified atom stereocenters. The number of aromatic nitrogens is 4. The second-order valence-electron chi connectivity index (χ2n) is 4.12. The molecule has 0 aromatic carbocycles. The zero-order valence-electron chi connectivity index (χ0n) is 11.1. The fraction of sp³-hybridized carbons (Fsp3) is 0.417. The smallest absolute Gasteiger partial charge is 0.240 e. The third-order valence-corrected chi connectivity index (χ3v) is 3.17. The maximum Gasteiger partial charge on any atom is 0.240 e. The van der Waals surface area contributed by atoms with Gasteiger partial charge in [0.05, 0.1) is 5.69 Å². The zero-order valence-corrected chi connectivity index (χ0v) is 12.7. The van der Waals surface area contributed by atoms with Gasteiger partial charge in [-0.2, -0.15) is 5.10 Å². The van der Waals surface area contributed by atoms with Gasteiger partial charge in [-0.15, -0.1) is 0 Å². The van der Waals surface area contributed by atoms with Crippen molar-refractivity contribution < 1.29 is 4.74 Å². The Kier molecular flexibility index (Phi) is 4.36. The van der Waals surface area contributed by atoms with E-state index in [0.717, 1.165) is 24.5 Å². The Morgan fingerprint density at radius 2 is 2.21 bits per heavy atom. The number of hydrogen-bond donors (Lipinski definition) is 1. The number of halogens is 1. The number of nitrogens with one attached hydrogen (secondary N) is 1. The molecule has 0 saturated carbocycles. The van der Waals surface area contributed by atoms with E-state index in [1.54, 1.807) is 4.68 Å². The van der Waals surface area contributed by atoms with Crippen LogP contribution < -0.4 is 10.1 Å². The average molecular weight is 326 g/mol. The molecule has 2 heterocycles. The van der Waals surface area contributed by atoms with E-state index in [-0.39, 0.29) is 0 Å². The molecular weight excluding hydrogens is 310 g/mol. The molecule has 1 N–H and O–H groups in total. The summed E-state index contributed by atoms with van der Waals surface area (Å²) < 4.78 is 8.12. The van der Waals surface area contributed by atoms with Crippen LogP contribution in [0.1, 0.15) is 19.0 Å². The molecule has 0 atom stereocenters. The van der Waals surface area contributed by atoms with Crippen LogP contribution in [0.5, 0.6) is 11.8 Å². The molecule has 0 radical (unpaired) electrons. The van der Waals surface area contributed by atoms with Crippen LogP contribution >= 0.6 is 15.9 Å². The number of nitrogens with zero attached hydrogens (tertiary/aromatic N) is 4. The van der Waals surface area contributed by atoms with Gasteiger partial charge in [0.2, 0.25) is 11.8 Å². The van der Waals surface area contributed by atoms with Gasteiger partial charge in [0, 0.05) is 19.7 Å². The van der Waals surface area contributed by atoms with Gasteiger partial charge in [-0.1, -0.05) is 6.92 Å². The molecule has 0 fully saturated rings. The number of ether oxygens (including phenoxy) is 1. The normalized spacial score (nSPS) is 10.5. The molecule has 7 heteroatoms. The van der Waals surface area contributed by atoms with Gasteiger partial charge in [0.15, 0.2) is 0 Å². The maximum atomic E-state index is 5.74. The Morgan fingerprint density at radius 3 is 2.84 bits per heavy atom. The first kappa shape index (κ1) is 13.8. The quantitative estimate of drug-likeness (QED) is 0.915. The predicted molar refractivity (Wildman–Crippen MR) is 76.5 cm³/mol. The first-order valence-electron chi connectivity index (χ1n) is 6.04. The van der Waals surface area contributed by atoms with Crippen LogP contribution in [0, 0.1) is 6.92 Å². The number of rotatable bonds is 5. The lowest BCUT2D eigenvalue weighted by atomic mass is 10.4. The molecule has 0 spiro atoms. The van der Waals surface area contributed by atoms with E-state index in [1.165, 1.54) is 6.33 Å². The predicted octanol–water partition coefficient (Wildman–Crippen LogP) is 2.90.